The Bertz CT molecular complexity index is 299. The van der Waals surface area contributed by atoms with E-state index in [0.717, 1.165) is 6.42 Å². The van der Waals surface area contributed by atoms with E-state index in [2.05, 4.69) is 27.7 Å². The molecule has 0 aromatic heterocycles. The fourth-order valence-electron chi connectivity index (χ4n) is 3.70. The number of hydrogen-bond donors (Lipinski definition) is 0. The van der Waals surface area contributed by atoms with Gasteiger partial charge in [0.2, 0.25) is 0 Å². The van der Waals surface area contributed by atoms with E-state index in [0.29, 0.717) is 0 Å². The van der Waals surface area contributed by atoms with Crippen molar-refractivity contribution < 1.29 is 0 Å². The highest BCUT2D eigenvalue weighted by molar-refractivity contribution is 7.23. The van der Waals surface area contributed by atoms with Gasteiger partial charge in [-0.15, -0.1) is 0 Å². The molecule has 0 bridgehead atoms. The lowest BCUT2D eigenvalue weighted by atomic mass is 10.0. The molecule has 152 valence electrons. The second-order valence-electron chi connectivity index (χ2n) is 8.11. The molecule has 0 rings (SSSR count). The van der Waals surface area contributed by atoms with Gasteiger partial charge in [-0.1, -0.05) is 147 Å². The Morgan fingerprint density at radius 1 is 0.423 bits per heavy atom. The summed E-state index contributed by atoms with van der Waals surface area (Å²) < 4.78 is 0. The van der Waals surface area contributed by atoms with Gasteiger partial charge in [0.1, 0.15) is 0 Å². The molecule has 0 saturated carbocycles. The first kappa shape index (κ1) is 26.0. The Hall–Kier alpha value is -0.0100. The molecular weight excluding hydrogens is 331 g/mol. The molecule has 0 aromatic carbocycles. The first-order chi connectivity index (χ1) is 12.9. The molecule has 2 radical (unpaired) electrons. The summed E-state index contributed by atoms with van der Waals surface area (Å²) >= 11 is 0. The lowest BCUT2D eigenvalue weighted by Gasteiger charge is -2.04. The number of rotatable bonds is 21. The van der Waals surface area contributed by atoms with Crippen molar-refractivity contribution in [3.8, 4) is 11.6 Å². The average Bonchev–Trinajstić information content (AvgIpc) is 2.66. The van der Waals surface area contributed by atoms with Crippen molar-refractivity contribution in [3.05, 3.63) is 0 Å². The second kappa shape index (κ2) is 25.0. The highest BCUT2D eigenvalue weighted by atomic mass is 31.0. The minimum Gasteiger partial charge on any atom is -0.0979 e. The molecule has 0 aromatic rings. The predicted octanol–water partition coefficient (Wildman–Crippen LogP) is 9.96. The van der Waals surface area contributed by atoms with Gasteiger partial charge in [0.05, 0.1) is 9.24 Å². The molecule has 0 saturated heterocycles. The van der Waals surface area contributed by atoms with Crippen LogP contribution in [0.4, 0.5) is 0 Å². The van der Waals surface area contributed by atoms with Crippen molar-refractivity contribution in [3.63, 3.8) is 0 Å². The van der Waals surface area contributed by atoms with E-state index in [-0.39, 0.29) is 0 Å². The molecule has 0 spiro atoms. The molecule has 0 aliphatic rings. The van der Waals surface area contributed by atoms with Crippen LogP contribution in [0, 0.1) is 11.6 Å². The van der Waals surface area contributed by atoms with E-state index in [1.807, 2.05) is 0 Å². The van der Waals surface area contributed by atoms with Crippen LogP contribution in [0.15, 0.2) is 0 Å². The molecule has 0 heterocycles. The van der Waals surface area contributed by atoms with E-state index in [1.54, 1.807) is 0 Å². The van der Waals surface area contributed by atoms with Crippen LogP contribution in [0.3, 0.4) is 0 Å². The summed E-state index contributed by atoms with van der Waals surface area (Å²) in [7, 11) is 3.91. The zero-order valence-corrected chi connectivity index (χ0v) is 18.9. The lowest BCUT2D eigenvalue weighted by molar-refractivity contribution is 0.520. The van der Waals surface area contributed by atoms with E-state index < -0.39 is 0 Å². The molecule has 0 aliphatic carbocycles. The Morgan fingerprint density at radius 2 is 0.692 bits per heavy atom. The zero-order chi connectivity index (χ0) is 19.0. The molecule has 0 unspecified atom stereocenters. The molecule has 0 aliphatic heterocycles. The van der Waals surface area contributed by atoms with Crippen LogP contribution in [0.5, 0.6) is 0 Å². The molecule has 1 heteroatoms. The van der Waals surface area contributed by atoms with Gasteiger partial charge < -0.3 is 0 Å². The summed E-state index contributed by atoms with van der Waals surface area (Å²) in [6.07, 6.45) is 31.3. The van der Waals surface area contributed by atoms with Gasteiger partial charge >= 0.3 is 0 Å². The first-order valence-corrected chi connectivity index (χ1v) is 12.5. The summed E-state index contributed by atoms with van der Waals surface area (Å²) in [4.78, 5) is 0. The maximum absolute atomic E-state index is 3.91. The monoisotopic (exact) mass is 378 g/mol. The third-order valence-electron chi connectivity index (χ3n) is 5.48. The Labute approximate surface area is 169 Å². The molecule has 0 nitrogen and oxygen atoms in total. The average molecular weight is 379 g/mol. The maximum atomic E-state index is 3.91. The minimum absolute atomic E-state index is 1.03. The van der Waals surface area contributed by atoms with Crippen LogP contribution in [0.25, 0.3) is 0 Å². The molecule has 0 fully saturated rings. The lowest BCUT2D eigenvalue weighted by Crippen LogP contribution is -1.84. The van der Waals surface area contributed by atoms with E-state index in [9.17, 15) is 0 Å². The van der Waals surface area contributed by atoms with Crippen LogP contribution in [0.1, 0.15) is 148 Å². The standard InChI is InChI=1S/C25H47P/c1-2-3-4-5-6-7-8-9-10-11-12-13-14-15-16-17-18-19-20-21-22-23-24-25-26/h2-23H2,1H3. The van der Waals surface area contributed by atoms with Gasteiger partial charge in [-0.2, -0.15) is 0 Å². The van der Waals surface area contributed by atoms with Crippen LogP contribution in [-0.4, -0.2) is 0 Å². The fourth-order valence-corrected chi connectivity index (χ4v) is 3.81. The van der Waals surface area contributed by atoms with Gasteiger partial charge in [-0.05, 0) is 6.42 Å². The van der Waals surface area contributed by atoms with Gasteiger partial charge in [0.15, 0.2) is 0 Å². The van der Waals surface area contributed by atoms with Crippen molar-refractivity contribution in [2.45, 2.75) is 148 Å². The molecule has 0 N–H and O–H groups in total. The molecule has 26 heavy (non-hydrogen) atoms. The summed E-state index contributed by atoms with van der Waals surface area (Å²) in [5, 5.41) is 0. The van der Waals surface area contributed by atoms with Crippen molar-refractivity contribution >= 4 is 9.24 Å². The van der Waals surface area contributed by atoms with Crippen molar-refractivity contribution in [2.24, 2.45) is 0 Å². The molecule has 0 atom stereocenters. The number of unbranched alkanes of at least 4 members (excludes halogenated alkanes) is 21. The van der Waals surface area contributed by atoms with Gasteiger partial charge in [0.25, 0.3) is 0 Å². The van der Waals surface area contributed by atoms with Gasteiger partial charge in [-0.3, -0.25) is 0 Å². The van der Waals surface area contributed by atoms with Crippen molar-refractivity contribution in [2.75, 3.05) is 0 Å². The minimum atomic E-state index is 1.03. The van der Waals surface area contributed by atoms with Gasteiger partial charge in [0, 0.05) is 6.42 Å². The summed E-state index contributed by atoms with van der Waals surface area (Å²) in [5.41, 5.74) is 2.67. The van der Waals surface area contributed by atoms with Gasteiger partial charge in [-0.25, -0.2) is 0 Å². The van der Waals surface area contributed by atoms with E-state index in [4.69, 9.17) is 0 Å². The predicted molar refractivity (Wildman–Crippen MR) is 122 cm³/mol. The molecular formula is C25H47P. The summed E-state index contributed by atoms with van der Waals surface area (Å²) in [5.74, 6) is 3.02. The van der Waals surface area contributed by atoms with Crippen LogP contribution in [0.2, 0.25) is 0 Å². The second-order valence-corrected chi connectivity index (χ2v) is 8.33. The fraction of sp³-hybridized carbons (Fsp3) is 0.920. The number of hydrogen-bond acceptors (Lipinski definition) is 0. The van der Waals surface area contributed by atoms with Crippen LogP contribution in [-0.2, 0) is 0 Å². The SMILES string of the molecule is CCCCCCCCCCCCCCCCCCCCCCCC#C[P]. The maximum Gasteiger partial charge on any atom is 0.0586 e. The van der Waals surface area contributed by atoms with Crippen LogP contribution >= 0.6 is 9.24 Å². The van der Waals surface area contributed by atoms with E-state index >= 15 is 0 Å². The molecule has 0 amide bonds. The Kier molecular flexibility index (Phi) is 25.0. The van der Waals surface area contributed by atoms with Crippen LogP contribution < -0.4 is 0 Å². The highest BCUT2D eigenvalue weighted by Gasteiger charge is 1.95. The smallest absolute Gasteiger partial charge is 0.0586 e. The topological polar surface area (TPSA) is 0 Å². The Morgan fingerprint density at radius 3 is 0.962 bits per heavy atom. The first-order valence-electron chi connectivity index (χ1n) is 12.0. The zero-order valence-electron chi connectivity index (χ0n) is 18.0. The normalized spacial score (nSPS) is 10.7. The quantitative estimate of drug-likeness (QED) is 0.106. The van der Waals surface area contributed by atoms with Crippen molar-refractivity contribution in [1.82, 2.24) is 0 Å². The van der Waals surface area contributed by atoms with Crippen molar-refractivity contribution in [1.29, 1.82) is 0 Å². The largest absolute Gasteiger partial charge is 0.0979 e. The highest BCUT2D eigenvalue weighted by Crippen LogP contribution is 2.15. The summed E-state index contributed by atoms with van der Waals surface area (Å²) in [6, 6.07) is 0. The van der Waals surface area contributed by atoms with E-state index in [1.165, 1.54) is 135 Å². The third kappa shape index (κ3) is 24.0. The Balaban J connectivity index is 2.97. The summed E-state index contributed by atoms with van der Waals surface area (Å²) in [6.45, 7) is 2.30. The third-order valence-corrected chi connectivity index (χ3v) is 5.64.